The van der Waals surface area contributed by atoms with E-state index in [-0.39, 0.29) is 11.3 Å². The van der Waals surface area contributed by atoms with Crippen LogP contribution in [0.25, 0.3) is 10.2 Å². The third-order valence-electron chi connectivity index (χ3n) is 4.28. The minimum atomic E-state index is -0.352. The molecule has 1 amide bonds. The van der Waals surface area contributed by atoms with E-state index in [1.165, 1.54) is 16.9 Å². The Morgan fingerprint density at radius 1 is 1.18 bits per heavy atom. The summed E-state index contributed by atoms with van der Waals surface area (Å²) in [5, 5.41) is 3.71. The quantitative estimate of drug-likeness (QED) is 0.785. The van der Waals surface area contributed by atoms with Crippen molar-refractivity contribution in [1.82, 2.24) is 4.98 Å². The molecule has 1 aliphatic carbocycles. The molecule has 1 aromatic heterocycles. The smallest absolute Gasteiger partial charge is 0.236 e. The van der Waals surface area contributed by atoms with Crippen LogP contribution >= 0.6 is 11.3 Å². The maximum Gasteiger partial charge on any atom is 0.236 e. The molecule has 1 N–H and O–H groups in total. The molecule has 1 aliphatic rings. The highest BCUT2D eigenvalue weighted by atomic mass is 32.1. The van der Waals surface area contributed by atoms with Crippen LogP contribution in [0.5, 0.6) is 0 Å². The average molecular weight is 308 g/mol. The molecule has 110 valence electrons. The van der Waals surface area contributed by atoms with Crippen LogP contribution < -0.4 is 5.32 Å². The Balaban J connectivity index is 1.61. The van der Waals surface area contributed by atoms with Gasteiger partial charge in [-0.15, -0.1) is 0 Å². The highest BCUT2D eigenvalue weighted by Gasteiger charge is 2.51. The van der Waals surface area contributed by atoms with Gasteiger partial charge in [0.15, 0.2) is 5.13 Å². The first-order chi connectivity index (χ1) is 10.7. The third-order valence-corrected chi connectivity index (χ3v) is 5.21. The van der Waals surface area contributed by atoms with E-state index in [9.17, 15) is 4.79 Å². The summed E-state index contributed by atoms with van der Waals surface area (Å²) in [4.78, 5) is 17.2. The van der Waals surface area contributed by atoms with E-state index in [1.807, 2.05) is 42.5 Å². The molecular weight excluding hydrogens is 292 g/mol. The van der Waals surface area contributed by atoms with Gasteiger partial charge in [-0.25, -0.2) is 4.98 Å². The summed E-state index contributed by atoms with van der Waals surface area (Å²) in [6.07, 6.45) is 1.82. The van der Waals surface area contributed by atoms with Gasteiger partial charge in [0.05, 0.1) is 15.6 Å². The highest BCUT2D eigenvalue weighted by molar-refractivity contribution is 7.22. The van der Waals surface area contributed by atoms with Crippen LogP contribution in [-0.4, -0.2) is 10.9 Å². The molecule has 0 spiro atoms. The summed E-state index contributed by atoms with van der Waals surface area (Å²) >= 11 is 1.54. The number of aryl methyl sites for hydroxylation is 1. The van der Waals surface area contributed by atoms with Crippen molar-refractivity contribution in [3.05, 3.63) is 59.7 Å². The van der Waals surface area contributed by atoms with Crippen LogP contribution in [0.15, 0.2) is 48.5 Å². The number of nitrogens with zero attached hydrogens (tertiary/aromatic N) is 1. The van der Waals surface area contributed by atoms with E-state index in [0.29, 0.717) is 5.13 Å². The van der Waals surface area contributed by atoms with Crippen molar-refractivity contribution < 1.29 is 4.79 Å². The number of benzene rings is 2. The summed E-state index contributed by atoms with van der Waals surface area (Å²) in [7, 11) is 0. The molecule has 3 nitrogen and oxygen atoms in total. The lowest BCUT2D eigenvalue weighted by atomic mass is 9.95. The lowest BCUT2D eigenvalue weighted by molar-refractivity contribution is -0.118. The van der Waals surface area contributed by atoms with Gasteiger partial charge < -0.3 is 5.32 Å². The largest absolute Gasteiger partial charge is 0.301 e. The normalized spacial score (nSPS) is 15.7. The molecule has 0 aliphatic heterocycles. The maximum absolute atomic E-state index is 12.7. The van der Waals surface area contributed by atoms with Gasteiger partial charge in [-0.3, -0.25) is 4.79 Å². The average Bonchev–Trinajstić information content (AvgIpc) is 3.25. The topological polar surface area (TPSA) is 42.0 Å². The molecule has 1 fully saturated rings. The zero-order valence-electron chi connectivity index (χ0n) is 12.3. The van der Waals surface area contributed by atoms with E-state index in [4.69, 9.17) is 0 Å². The van der Waals surface area contributed by atoms with Crippen molar-refractivity contribution in [3.63, 3.8) is 0 Å². The Hall–Kier alpha value is -2.20. The lowest BCUT2D eigenvalue weighted by Gasteiger charge is -2.14. The Kier molecular flexibility index (Phi) is 3.01. The molecule has 0 atom stereocenters. The molecular formula is C18H16N2OS. The zero-order valence-corrected chi connectivity index (χ0v) is 13.1. The Morgan fingerprint density at radius 3 is 2.68 bits per heavy atom. The Bertz CT molecular complexity index is 850. The molecule has 0 bridgehead atoms. The van der Waals surface area contributed by atoms with Crippen molar-refractivity contribution in [2.45, 2.75) is 25.2 Å². The predicted octanol–water partition coefficient (Wildman–Crippen LogP) is 4.28. The van der Waals surface area contributed by atoms with Crippen molar-refractivity contribution >= 4 is 32.6 Å². The van der Waals surface area contributed by atoms with Crippen LogP contribution in [0.4, 0.5) is 5.13 Å². The number of anilines is 1. The summed E-state index contributed by atoms with van der Waals surface area (Å²) in [5.41, 5.74) is 2.89. The minimum absolute atomic E-state index is 0.0643. The van der Waals surface area contributed by atoms with Crippen molar-refractivity contribution in [2.75, 3.05) is 5.32 Å². The van der Waals surface area contributed by atoms with E-state index in [1.54, 1.807) is 0 Å². The van der Waals surface area contributed by atoms with Gasteiger partial charge in [0.2, 0.25) is 5.91 Å². The molecule has 4 rings (SSSR count). The van der Waals surface area contributed by atoms with E-state index in [0.717, 1.165) is 28.6 Å². The van der Waals surface area contributed by atoms with E-state index < -0.39 is 0 Å². The number of hydrogen-bond acceptors (Lipinski definition) is 3. The number of carbonyl (C=O) groups is 1. The van der Waals surface area contributed by atoms with Crippen LogP contribution in [0.1, 0.15) is 24.0 Å². The second-order valence-corrected chi connectivity index (χ2v) is 6.92. The number of aromatic nitrogens is 1. The van der Waals surface area contributed by atoms with Gasteiger partial charge in [0.25, 0.3) is 0 Å². The van der Waals surface area contributed by atoms with Gasteiger partial charge in [-0.05, 0) is 43.0 Å². The molecule has 0 saturated heterocycles. The van der Waals surface area contributed by atoms with Crippen molar-refractivity contribution in [3.8, 4) is 0 Å². The summed E-state index contributed by atoms with van der Waals surface area (Å²) in [6.45, 7) is 2.06. The molecule has 3 aromatic rings. The number of carbonyl (C=O) groups excluding carboxylic acids is 1. The molecule has 0 radical (unpaired) electrons. The van der Waals surface area contributed by atoms with Gasteiger partial charge in [-0.1, -0.05) is 47.7 Å². The zero-order chi connectivity index (χ0) is 15.2. The molecule has 0 unspecified atom stereocenters. The first-order valence-corrected chi connectivity index (χ1v) is 8.23. The molecule has 2 aromatic carbocycles. The standard InChI is InChI=1S/C18H16N2OS/c1-12-7-8-14-15(11-12)22-17(19-14)20-16(21)18(9-10-18)13-5-3-2-4-6-13/h2-8,11H,9-10H2,1H3,(H,19,20,21). The summed E-state index contributed by atoms with van der Waals surface area (Å²) in [5.74, 6) is 0.0643. The monoisotopic (exact) mass is 308 g/mol. The Labute approximate surface area is 133 Å². The number of fused-ring (bicyclic) bond motifs is 1. The second-order valence-electron chi connectivity index (χ2n) is 5.89. The number of nitrogens with one attached hydrogen (secondary N) is 1. The van der Waals surface area contributed by atoms with E-state index in [2.05, 4.69) is 23.3 Å². The van der Waals surface area contributed by atoms with E-state index >= 15 is 0 Å². The number of amides is 1. The maximum atomic E-state index is 12.7. The minimum Gasteiger partial charge on any atom is -0.301 e. The van der Waals surface area contributed by atoms with Gasteiger partial charge in [-0.2, -0.15) is 0 Å². The fourth-order valence-corrected chi connectivity index (χ4v) is 3.79. The summed E-state index contributed by atoms with van der Waals surface area (Å²) < 4.78 is 1.11. The third kappa shape index (κ3) is 2.20. The second kappa shape index (κ2) is 4.92. The first-order valence-electron chi connectivity index (χ1n) is 7.42. The van der Waals surface area contributed by atoms with Crippen molar-refractivity contribution in [1.29, 1.82) is 0 Å². The molecule has 22 heavy (non-hydrogen) atoms. The summed E-state index contributed by atoms with van der Waals surface area (Å²) in [6, 6.07) is 16.2. The molecule has 1 saturated carbocycles. The fourth-order valence-electron chi connectivity index (χ4n) is 2.83. The highest BCUT2D eigenvalue weighted by Crippen LogP contribution is 2.49. The lowest BCUT2D eigenvalue weighted by Crippen LogP contribution is -2.27. The fraction of sp³-hybridized carbons (Fsp3) is 0.222. The van der Waals surface area contributed by atoms with Crippen LogP contribution in [-0.2, 0) is 10.2 Å². The van der Waals surface area contributed by atoms with Crippen molar-refractivity contribution in [2.24, 2.45) is 0 Å². The SMILES string of the molecule is Cc1ccc2nc(NC(=O)C3(c4ccccc4)CC3)sc2c1. The van der Waals surface area contributed by atoms with Crippen LogP contribution in [0.3, 0.4) is 0 Å². The predicted molar refractivity (Wildman–Crippen MR) is 90.3 cm³/mol. The number of hydrogen-bond donors (Lipinski definition) is 1. The van der Waals surface area contributed by atoms with Crippen LogP contribution in [0, 0.1) is 6.92 Å². The molecule has 4 heteroatoms. The van der Waals surface area contributed by atoms with Gasteiger partial charge >= 0.3 is 0 Å². The van der Waals surface area contributed by atoms with Crippen LogP contribution in [0.2, 0.25) is 0 Å². The number of thiazole rings is 1. The Morgan fingerprint density at radius 2 is 1.95 bits per heavy atom. The van der Waals surface area contributed by atoms with Gasteiger partial charge in [0, 0.05) is 0 Å². The number of rotatable bonds is 3. The first kappa shape index (κ1) is 13.5. The van der Waals surface area contributed by atoms with Gasteiger partial charge in [0.1, 0.15) is 0 Å². The molecule has 1 heterocycles.